The minimum atomic E-state index is -0.420. The van der Waals surface area contributed by atoms with Crippen molar-refractivity contribution in [2.75, 3.05) is 0 Å². The van der Waals surface area contributed by atoms with E-state index >= 15 is 0 Å². The van der Waals surface area contributed by atoms with Crippen molar-refractivity contribution in [2.45, 2.75) is 0 Å². The maximum atomic E-state index is 12.1. The summed E-state index contributed by atoms with van der Waals surface area (Å²) in [5, 5.41) is 40.1. The van der Waals surface area contributed by atoms with E-state index in [4.69, 9.17) is 0 Å². The van der Waals surface area contributed by atoms with Crippen molar-refractivity contribution in [3.63, 3.8) is 0 Å². The SMILES string of the molecule is [O-2].[O-2].[O-2].[O-2].[O-]/C(=N\N=C(/c1ccccc1)c1ccccn1)c1ccncc1.[O-]/C(=N\N=C(/c1ccccc1)c1ccccn1)c1ccncc1.[V].[V]. The molecular weight excluding hydrogens is 742 g/mol. The summed E-state index contributed by atoms with van der Waals surface area (Å²) in [6, 6.07) is 36.5. The Balaban J connectivity index is 0. The molecule has 0 unspecified atom stereocenters. The second kappa shape index (κ2) is 26.2. The average Bonchev–Trinajstić information content (AvgIpc) is 3.14. The fraction of sp³-hybridized carbons (Fsp3) is 0. The number of nitrogens with zero attached hydrogens (tertiary/aromatic N) is 8. The van der Waals surface area contributed by atoms with Crippen molar-refractivity contribution in [3.8, 4) is 0 Å². The van der Waals surface area contributed by atoms with Crippen LogP contribution in [0.15, 0.2) is 179 Å². The second-order valence-corrected chi connectivity index (χ2v) is 9.34. The molecule has 0 aliphatic heterocycles. The van der Waals surface area contributed by atoms with Crippen molar-refractivity contribution in [1.82, 2.24) is 19.9 Å². The Kier molecular flexibility index (Phi) is 24.4. The van der Waals surface area contributed by atoms with Gasteiger partial charge in [0, 0.05) is 97.2 Å². The van der Waals surface area contributed by atoms with Crippen LogP contribution in [0.5, 0.6) is 0 Å². The summed E-state index contributed by atoms with van der Waals surface area (Å²) < 4.78 is 0. The Morgan fingerprint density at radius 3 is 1.00 bits per heavy atom. The molecule has 0 saturated carbocycles. The molecule has 2 aromatic carbocycles. The van der Waals surface area contributed by atoms with Gasteiger partial charge in [0.2, 0.25) is 0 Å². The number of pyridine rings is 4. The van der Waals surface area contributed by atoms with E-state index in [0.29, 0.717) is 33.9 Å². The molecule has 0 saturated heterocycles. The Bertz CT molecular complexity index is 1720. The molecule has 2 radical (unpaired) electrons. The monoisotopic (exact) mass is 768 g/mol. The van der Waals surface area contributed by atoms with Crippen molar-refractivity contribution in [1.29, 1.82) is 0 Å². The molecule has 0 atom stereocenters. The van der Waals surface area contributed by atoms with Crippen LogP contribution in [0.4, 0.5) is 0 Å². The summed E-state index contributed by atoms with van der Waals surface area (Å²) in [4.78, 5) is 16.3. The molecule has 266 valence electrons. The molecule has 4 heterocycles. The largest absolute Gasteiger partial charge is 2.00 e. The molecule has 0 N–H and O–H groups in total. The van der Waals surface area contributed by atoms with Crippen LogP contribution in [0.25, 0.3) is 0 Å². The number of hydrogen-bond acceptors (Lipinski definition) is 10. The first-order valence-electron chi connectivity index (χ1n) is 14.1. The summed E-state index contributed by atoms with van der Waals surface area (Å²) in [6.07, 6.45) is 9.54. The van der Waals surface area contributed by atoms with Crippen LogP contribution in [-0.4, -0.2) is 43.2 Å². The molecule has 0 aliphatic carbocycles. The van der Waals surface area contributed by atoms with E-state index < -0.39 is 11.8 Å². The molecule has 6 aromatic rings. The molecule has 52 heavy (non-hydrogen) atoms. The Morgan fingerprint density at radius 1 is 0.365 bits per heavy atom. The molecule has 0 fully saturated rings. The molecule has 14 nitrogen and oxygen atoms in total. The molecule has 0 aliphatic rings. The molecular formula is C36H26N8O6V2-10. The van der Waals surface area contributed by atoms with Crippen LogP contribution >= 0.6 is 0 Å². The number of aromatic nitrogens is 4. The third kappa shape index (κ3) is 14.3. The van der Waals surface area contributed by atoms with E-state index in [-0.39, 0.29) is 59.0 Å². The summed E-state index contributed by atoms with van der Waals surface area (Å²) in [7, 11) is 0. The maximum Gasteiger partial charge on any atom is 0.118 e. The normalized spacial score (nSPS) is 10.8. The van der Waals surface area contributed by atoms with Gasteiger partial charge in [0.05, 0.1) is 11.4 Å². The predicted molar refractivity (Wildman–Crippen MR) is 177 cm³/mol. The third-order valence-electron chi connectivity index (χ3n) is 6.25. The fourth-order valence-electron chi connectivity index (χ4n) is 4.01. The first-order valence-corrected chi connectivity index (χ1v) is 14.1. The van der Waals surface area contributed by atoms with Crippen LogP contribution in [0.3, 0.4) is 0 Å². The van der Waals surface area contributed by atoms with Crippen LogP contribution in [0.1, 0.15) is 33.6 Å². The zero-order valence-corrected chi connectivity index (χ0v) is 29.7. The van der Waals surface area contributed by atoms with E-state index in [1.54, 1.807) is 61.4 Å². The van der Waals surface area contributed by atoms with Crippen LogP contribution < -0.4 is 10.2 Å². The topological polar surface area (TPSA) is 261 Å². The number of benzene rings is 2. The van der Waals surface area contributed by atoms with Crippen molar-refractivity contribution >= 4 is 23.2 Å². The van der Waals surface area contributed by atoms with Gasteiger partial charge in [0.15, 0.2) is 0 Å². The van der Waals surface area contributed by atoms with Gasteiger partial charge >= 0.3 is 0 Å². The minimum Gasteiger partial charge on any atom is -2.00 e. The van der Waals surface area contributed by atoms with Crippen LogP contribution in [-0.2, 0) is 59.0 Å². The Morgan fingerprint density at radius 2 is 0.692 bits per heavy atom. The van der Waals surface area contributed by atoms with Crippen LogP contribution in [0, 0.1) is 0 Å². The Hall–Kier alpha value is -5.67. The molecule has 16 heteroatoms. The quantitative estimate of drug-likeness (QED) is 0.127. The van der Waals surface area contributed by atoms with Gasteiger partial charge in [0.25, 0.3) is 0 Å². The zero-order chi connectivity index (χ0) is 31.8. The van der Waals surface area contributed by atoms with Gasteiger partial charge in [0.1, 0.15) is 11.4 Å². The average molecular weight is 769 g/mol. The van der Waals surface area contributed by atoms with Gasteiger partial charge in [-0.05, 0) is 59.7 Å². The van der Waals surface area contributed by atoms with Gasteiger partial charge < -0.3 is 32.1 Å². The number of hydrogen-bond donors (Lipinski definition) is 0. The van der Waals surface area contributed by atoms with E-state index in [0.717, 1.165) is 11.1 Å². The van der Waals surface area contributed by atoms with Crippen LogP contribution in [0.2, 0.25) is 0 Å². The zero-order valence-electron chi connectivity index (χ0n) is 26.9. The maximum absolute atomic E-state index is 12.1. The van der Waals surface area contributed by atoms with Gasteiger partial charge in [-0.2, -0.15) is 10.2 Å². The smallest absolute Gasteiger partial charge is 0.118 e. The molecule has 4 aromatic heterocycles. The second-order valence-electron chi connectivity index (χ2n) is 9.34. The van der Waals surface area contributed by atoms with E-state index in [1.807, 2.05) is 97.1 Å². The minimum absolute atomic E-state index is 0. The summed E-state index contributed by atoms with van der Waals surface area (Å²) in [5.74, 6) is -0.839. The van der Waals surface area contributed by atoms with E-state index in [9.17, 15) is 10.2 Å². The molecule has 6 rings (SSSR count). The van der Waals surface area contributed by atoms with Crippen molar-refractivity contribution in [3.05, 3.63) is 192 Å². The molecule has 0 spiro atoms. The van der Waals surface area contributed by atoms with Crippen molar-refractivity contribution in [2.24, 2.45) is 20.4 Å². The van der Waals surface area contributed by atoms with E-state index in [2.05, 4.69) is 40.3 Å². The summed E-state index contributed by atoms with van der Waals surface area (Å²) in [6.45, 7) is 0. The van der Waals surface area contributed by atoms with Gasteiger partial charge in [-0.15, -0.1) is 10.2 Å². The molecule has 0 amide bonds. The Labute approximate surface area is 323 Å². The first kappa shape index (κ1) is 48.4. The van der Waals surface area contributed by atoms with Gasteiger partial charge in [-0.3, -0.25) is 19.9 Å². The molecule has 0 bridgehead atoms. The first-order chi connectivity index (χ1) is 22.7. The summed E-state index contributed by atoms with van der Waals surface area (Å²) >= 11 is 0. The standard InChI is InChI=1S/2C18H14N4O.4O.2V/c2*23-18(15-9-12-19-13-10-15)22-21-17(14-6-2-1-3-7-14)16-8-4-5-11-20-16;;;;;;/h2*1-13H,(H,22,23);;;;;;/q;;4*-2;;/p-2/b2*21-17+;;;;;;. The fourth-order valence-corrected chi connectivity index (χ4v) is 4.01. The van der Waals surface area contributed by atoms with Gasteiger partial charge in [-0.1, -0.05) is 72.8 Å². The van der Waals surface area contributed by atoms with E-state index in [1.165, 1.54) is 0 Å². The third-order valence-corrected chi connectivity index (χ3v) is 6.25. The van der Waals surface area contributed by atoms with Crippen molar-refractivity contribution < 1.29 is 69.2 Å². The summed E-state index contributed by atoms with van der Waals surface area (Å²) in [5.41, 5.74) is 4.99. The van der Waals surface area contributed by atoms with Gasteiger partial charge in [-0.25, -0.2) is 0 Å². The predicted octanol–water partition coefficient (Wildman–Crippen LogP) is 3.59. The number of rotatable bonds is 8.